The predicted molar refractivity (Wildman–Crippen MR) is 56.3 cm³/mol. The number of nitrogens with zero attached hydrogens (tertiary/aromatic N) is 1. The first kappa shape index (κ1) is 9.15. The number of thiazole rings is 1. The highest BCUT2D eigenvalue weighted by molar-refractivity contribution is 7.13. The molecule has 2 rings (SSSR count). The van der Waals surface area contributed by atoms with Crippen LogP contribution in [0.3, 0.4) is 0 Å². The van der Waals surface area contributed by atoms with Gasteiger partial charge < -0.3 is 4.98 Å². The van der Waals surface area contributed by atoms with Crippen LogP contribution in [0.2, 0.25) is 0 Å². The Morgan fingerprint density at radius 3 is 3.14 bits per heavy atom. The van der Waals surface area contributed by atoms with Crippen molar-refractivity contribution in [2.24, 2.45) is 0 Å². The monoisotopic (exact) mass is 206 g/mol. The Bertz CT molecular complexity index is 431. The van der Waals surface area contributed by atoms with Crippen molar-refractivity contribution in [3.05, 3.63) is 29.5 Å². The average molecular weight is 206 g/mol. The standard InChI is InChI=1S/C10H10N2OS/c1-7(13)4-9-6-14-10(12-9)8-2-3-11-5-8/h2-3,5-6,11H,4H2,1H3. The molecule has 0 aliphatic carbocycles. The Labute approximate surface area is 85.8 Å². The second kappa shape index (κ2) is 3.75. The van der Waals surface area contributed by atoms with Gasteiger partial charge in [-0.3, -0.25) is 4.79 Å². The smallest absolute Gasteiger partial charge is 0.135 e. The summed E-state index contributed by atoms with van der Waals surface area (Å²) in [4.78, 5) is 18.2. The maximum Gasteiger partial charge on any atom is 0.135 e. The van der Waals surface area contributed by atoms with Gasteiger partial charge in [-0.15, -0.1) is 11.3 Å². The Balaban J connectivity index is 2.22. The molecule has 0 unspecified atom stereocenters. The Kier molecular flexibility index (Phi) is 2.45. The van der Waals surface area contributed by atoms with Gasteiger partial charge in [0.25, 0.3) is 0 Å². The van der Waals surface area contributed by atoms with Gasteiger partial charge in [0.2, 0.25) is 0 Å². The van der Waals surface area contributed by atoms with E-state index in [2.05, 4.69) is 9.97 Å². The molecule has 14 heavy (non-hydrogen) atoms. The van der Waals surface area contributed by atoms with Gasteiger partial charge >= 0.3 is 0 Å². The minimum atomic E-state index is 0.149. The second-order valence-corrected chi connectivity index (χ2v) is 3.98. The number of hydrogen-bond acceptors (Lipinski definition) is 3. The molecule has 4 heteroatoms. The number of H-pyrrole nitrogens is 1. The van der Waals surface area contributed by atoms with Crippen molar-refractivity contribution in [2.45, 2.75) is 13.3 Å². The van der Waals surface area contributed by atoms with Gasteiger partial charge in [0.05, 0.1) is 5.69 Å². The van der Waals surface area contributed by atoms with Crippen LogP contribution in [-0.2, 0) is 11.2 Å². The first-order valence-electron chi connectivity index (χ1n) is 4.32. The van der Waals surface area contributed by atoms with Crippen LogP contribution in [0.5, 0.6) is 0 Å². The summed E-state index contributed by atoms with van der Waals surface area (Å²) in [5.41, 5.74) is 1.93. The number of carbonyl (C=O) groups is 1. The van der Waals surface area contributed by atoms with E-state index in [9.17, 15) is 4.79 Å². The van der Waals surface area contributed by atoms with E-state index in [1.165, 1.54) is 0 Å². The minimum Gasteiger partial charge on any atom is -0.367 e. The summed E-state index contributed by atoms with van der Waals surface area (Å²) >= 11 is 1.57. The number of Topliss-reactive ketones (excluding diaryl/α,β-unsaturated/α-hetero) is 1. The highest BCUT2D eigenvalue weighted by Crippen LogP contribution is 2.23. The maximum atomic E-state index is 10.9. The number of hydrogen-bond donors (Lipinski definition) is 1. The van der Waals surface area contributed by atoms with E-state index in [-0.39, 0.29) is 5.78 Å². The van der Waals surface area contributed by atoms with Gasteiger partial charge in [0.1, 0.15) is 10.8 Å². The molecule has 2 heterocycles. The van der Waals surface area contributed by atoms with Crippen molar-refractivity contribution in [3.63, 3.8) is 0 Å². The molecule has 0 bridgehead atoms. The predicted octanol–water partition coefficient (Wildman–Crippen LogP) is 2.27. The quantitative estimate of drug-likeness (QED) is 0.837. The van der Waals surface area contributed by atoms with E-state index in [1.54, 1.807) is 18.3 Å². The average Bonchev–Trinajstić information content (AvgIpc) is 2.69. The summed E-state index contributed by atoms with van der Waals surface area (Å²) in [6, 6.07) is 1.97. The third kappa shape index (κ3) is 1.90. The number of carbonyl (C=O) groups excluding carboxylic acids is 1. The fourth-order valence-corrected chi connectivity index (χ4v) is 2.05. The van der Waals surface area contributed by atoms with Gasteiger partial charge in [-0.1, -0.05) is 0 Å². The molecule has 0 saturated carbocycles. The number of rotatable bonds is 3. The lowest BCUT2D eigenvalue weighted by atomic mass is 10.2. The molecule has 2 aromatic rings. The van der Waals surface area contributed by atoms with Crippen LogP contribution in [0, 0.1) is 0 Å². The third-order valence-corrected chi connectivity index (χ3v) is 2.77. The van der Waals surface area contributed by atoms with Crippen molar-refractivity contribution in [1.82, 2.24) is 9.97 Å². The molecule has 0 aliphatic rings. The minimum absolute atomic E-state index is 0.149. The van der Waals surface area contributed by atoms with E-state index < -0.39 is 0 Å². The van der Waals surface area contributed by atoms with Gasteiger partial charge in [-0.2, -0.15) is 0 Å². The zero-order chi connectivity index (χ0) is 9.97. The van der Waals surface area contributed by atoms with Gasteiger partial charge in [0, 0.05) is 29.8 Å². The van der Waals surface area contributed by atoms with Crippen LogP contribution < -0.4 is 0 Å². The van der Waals surface area contributed by atoms with E-state index in [0.717, 1.165) is 16.3 Å². The number of nitrogens with one attached hydrogen (secondary N) is 1. The lowest BCUT2D eigenvalue weighted by Gasteiger charge is -1.89. The summed E-state index contributed by atoms with van der Waals surface area (Å²) in [5, 5.41) is 2.89. The molecule has 0 saturated heterocycles. The number of ketones is 1. The molecular formula is C10H10N2OS. The van der Waals surface area contributed by atoms with E-state index in [4.69, 9.17) is 0 Å². The van der Waals surface area contributed by atoms with Crippen molar-refractivity contribution in [3.8, 4) is 10.6 Å². The maximum absolute atomic E-state index is 10.9. The largest absolute Gasteiger partial charge is 0.367 e. The molecule has 72 valence electrons. The van der Waals surface area contributed by atoms with Crippen LogP contribution in [-0.4, -0.2) is 15.8 Å². The topological polar surface area (TPSA) is 45.8 Å². The van der Waals surface area contributed by atoms with Crippen LogP contribution in [0.25, 0.3) is 10.6 Å². The zero-order valence-electron chi connectivity index (χ0n) is 7.78. The molecule has 0 aromatic carbocycles. The normalized spacial score (nSPS) is 10.4. The van der Waals surface area contributed by atoms with E-state index in [0.29, 0.717) is 6.42 Å². The van der Waals surface area contributed by atoms with Gasteiger partial charge in [-0.25, -0.2) is 4.98 Å². The summed E-state index contributed by atoms with van der Waals surface area (Å²) in [5.74, 6) is 0.149. The molecule has 0 fully saturated rings. The summed E-state index contributed by atoms with van der Waals surface area (Å²) in [6.45, 7) is 1.58. The van der Waals surface area contributed by atoms with Crippen molar-refractivity contribution in [2.75, 3.05) is 0 Å². The lowest BCUT2D eigenvalue weighted by molar-refractivity contribution is -0.116. The highest BCUT2D eigenvalue weighted by atomic mass is 32.1. The van der Waals surface area contributed by atoms with Crippen LogP contribution in [0.1, 0.15) is 12.6 Å². The summed E-state index contributed by atoms with van der Waals surface area (Å²) in [6.07, 6.45) is 4.19. The van der Waals surface area contributed by atoms with Crippen LogP contribution in [0.15, 0.2) is 23.8 Å². The van der Waals surface area contributed by atoms with Crippen molar-refractivity contribution < 1.29 is 4.79 Å². The first-order valence-corrected chi connectivity index (χ1v) is 5.20. The molecule has 2 aromatic heterocycles. The Hall–Kier alpha value is -1.42. The summed E-state index contributed by atoms with van der Waals surface area (Å²) in [7, 11) is 0. The zero-order valence-corrected chi connectivity index (χ0v) is 8.60. The Morgan fingerprint density at radius 1 is 1.64 bits per heavy atom. The van der Waals surface area contributed by atoms with Crippen molar-refractivity contribution in [1.29, 1.82) is 0 Å². The first-order chi connectivity index (χ1) is 6.75. The molecule has 0 radical (unpaired) electrons. The molecule has 3 nitrogen and oxygen atoms in total. The fourth-order valence-electron chi connectivity index (χ4n) is 1.23. The summed E-state index contributed by atoms with van der Waals surface area (Å²) < 4.78 is 0. The molecule has 0 amide bonds. The third-order valence-electron chi connectivity index (χ3n) is 1.83. The number of aromatic nitrogens is 2. The van der Waals surface area contributed by atoms with Gasteiger partial charge in [0.15, 0.2) is 0 Å². The van der Waals surface area contributed by atoms with Gasteiger partial charge in [-0.05, 0) is 13.0 Å². The Morgan fingerprint density at radius 2 is 2.50 bits per heavy atom. The molecule has 0 aliphatic heterocycles. The second-order valence-electron chi connectivity index (χ2n) is 3.12. The van der Waals surface area contributed by atoms with Crippen LogP contribution in [0.4, 0.5) is 0 Å². The highest BCUT2D eigenvalue weighted by Gasteiger charge is 2.06. The molecule has 1 N–H and O–H groups in total. The lowest BCUT2D eigenvalue weighted by Crippen LogP contribution is -1.95. The molecule has 0 spiro atoms. The number of aromatic amines is 1. The molecule has 0 atom stereocenters. The van der Waals surface area contributed by atoms with Crippen molar-refractivity contribution >= 4 is 17.1 Å². The van der Waals surface area contributed by atoms with E-state index >= 15 is 0 Å². The SMILES string of the molecule is CC(=O)Cc1csc(-c2cc[nH]c2)n1. The molecular weight excluding hydrogens is 196 g/mol. The van der Waals surface area contributed by atoms with E-state index in [1.807, 2.05) is 23.8 Å². The fraction of sp³-hybridized carbons (Fsp3) is 0.200. The van der Waals surface area contributed by atoms with Crippen LogP contribution >= 0.6 is 11.3 Å².